The molecule has 2 unspecified atom stereocenters. The van der Waals surface area contributed by atoms with E-state index in [2.05, 4.69) is 10.3 Å². The van der Waals surface area contributed by atoms with Gasteiger partial charge in [-0.25, -0.2) is 4.98 Å². The Morgan fingerprint density at radius 2 is 2.05 bits per heavy atom. The highest BCUT2D eigenvalue weighted by atomic mass is 35.5. The van der Waals surface area contributed by atoms with Gasteiger partial charge >= 0.3 is 0 Å². The molecule has 19 heavy (non-hydrogen) atoms. The van der Waals surface area contributed by atoms with Crippen molar-refractivity contribution in [2.45, 2.75) is 18.6 Å². The molecule has 2 atom stereocenters. The molecule has 0 saturated heterocycles. The fourth-order valence-corrected chi connectivity index (χ4v) is 2.13. The molecule has 0 amide bonds. The minimum absolute atomic E-state index is 0.440. The van der Waals surface area contributed by atoms with Crippen LogP contribution in [0.15, 0.2) is 30.3 Å². The Kier molecular flexibility index (Phi) is 4.71. The molecule has 5 heteroatoms. The number of fused-ring (bicyclic) bond motifs is 1. The number of rotatable bonds is 5. The van der Waals surface area contributed by atoms with Crippen molar-refractivity contribution >= 4 is 22.5 Å². The number of nitrogens with one attached hydrogen (secondary N) is 1. The third-order valence-corrected chi connectivity index (χ3v) is 3.29. The summed E-state index contributed by atoms with van der Waals surface area (Å²) in [5, 5.41) is 24.3. The van der Waals surface area contributed by atoms with Gasteiger partial charge in [0.15, 0.2) is 0 Å². The molecule has 1 aromatic carbocycles. The molecule has 0 spiro atoms. The Labute approximate surface area is 117 Å². The Hall–Kier alpha value is -1.20. The van der Waals surface area contributed by atoms with E-state index in [9.17, 15) is 10.2 Å². The van der Waals surface area contributed by atoms with Crippen LogP contribution in [0, 0.1) is 0 Å². The van der Waals surface area contributed by atoms with E-state index in [0.717, 1.165) is 10.9 Å². The second kappa shape index (κ2) is 6.30. The largest absolute Gasteiger partial charge is 0.390 e. The molecule has 1 aromatic heterocycles. The molecule has 0 fully saturated rings. The summed E-state index contributed by atoms with van der Waals surface area (Å²) in [6, 6.07) is 8.94. The monoisotopic (exact) mass is 280 g/mol. The lowest BCUT2D eigenvalue weighted by molar-refractivity contribution is 0.0141. The van der Waals surface area contributed by atoms with Gasteiger partial charge in [-0.3, -0.25) is 0 Å². The number of hydrogen-bond acceptors (Lipinski definition) is 4. The summed E-state index contributed by atoms with van der Waals surface area (Å²) in [6.07, 6.45) is -1.19. The van der Waals surface area contributed by atoms with Crippen LogP contribution in [0.1, 0.15) is 18.1 Å². The standard InChI is InChI=1S/C14H17ClN2O2/c1-16-7-6-12(18)14(19)10-2-4-11-9(8-10)3-5-13(15)17-11/h2-5,8,12,14,16,18-19H,6-7H2,1H3. The summed E-state index contributed by atoms with van der Waals surface area (Å²) in [4.78, 5) is 4.18. The Balaban J connectivity index is 2.22. The van der Waals surface area contributed by atoms with Gasteiger partial charge in [0.25, 0.3) is 0 Å². The first-order valence-corrected chi connectivity index (χ1v) is 6.56. The van der Waals surface area contributed by atoms with E-state index in [1.54, 1.807) is 18.2 Å². The van der Waals surface area contributed by atoms with Crippen LogP contribution in [0.4, 0.5) is 0 Å². The lowest BCUT2D eigenvalue weighted by atomic mass is 10.0. The zero-order chi connectivity index (χ0) is 13.8. The zero-order valence-corrected chi connectivity index (χ0v) is 11.4. The zero-order valence-electron chi connectivity index (χ0n) is 10.7. The quantitative estimate of drug-likeness (QED) is 0.732. The highest BCUT2D eigenvalue weighted by Crippen LogP contribution is 2.23. The third-order valence-electron chi connectivity index (χ3n) is 3.08. The third kappa shape index (κ3) is 3.42. The van der Waals surface area contributed by atoms with Crippen molar-refractivity contribution in [1.82, 2.24) is 10.3 Å². The van der Waals surface area contributed by atoms with Gasteiger partial charge in [-0.2, -0.15) is 0 Å². The maximum atomic E-state index is 10.1. The lowest BCUT2D eigenvalue weighted by Gasteiger charge is -2.18. The summed E-state index contributed by atoms with van der Waals surface area (Å²) in [6.45, 7) is 0.656. The second-order valence-electron chi connectivity index (χ2n) is 4.49. The Morgan fingerprint density at radius 3 is 2.79 bits per heavy atom. The van der Waals surface area contributed by atoms with Gasteiger partial charge in [0, 0.05) is 5.39 Å². The van der Waals surface area contributed by atoms with Crippen LogP contribution in [0.5, 0.6) is 0 Å². The molecule has 0 aliphatic heterocycles. The first kappa shape index (κ1) is 14.2. The van der Waals surface area contributed by atoms with E-state index in [1.807, 2.05) is 19.2 Å². The molecule has 102 valence electrons. The number of aliphatic hydroxyl groups excluding tert-OH is 2. The molecule has 2 rings (SSSR count). The number of aromatic nitrogens is 1. The molecule has 0 aliphatic rings. The molecule has 0 bridgehead atoms. The van der Waals surface area contributed by atoms with Crippen LogP contribution >= 0.6 is 11.6 Å². The number of halogens is 1. The van der Waals surface area contributed by atoms with Crippen LogP contribution in [-0.4, -0.2) is 34.9 Å². The highest BCUT2D eigenvalue weighted by molar-refractivity contribution is 6.29. The maximum absolute atomic E-state index is 10.1. The van der Waals surface area contributed by atoms with E-state index in [4.69, 9.17) is 11.6 Å². The van der Waals surface area contributed by atoms with Gasteiger partial charge in [-0.05, 0) is 49.8 Å². The van der Waals surface area contributed by atoms with E-state index in [1.165, 1.54) is 0 Å². The van der Waals surface area contributed by atoms with Crippen molar-refractivity contribution in [2.75, 3.05) is 13.6 Å². The summed E-state index contributed by atoms with van der Waals surface area (Å²) in [5.74, 6) is 0. The fraction of sp³-hybridized carbons (Fsp3) is 0.357. The van der Waals surface area contributed by atoms with Crippen LogP contribution in [0.3, 0.4) is 0 Å². The van der Waals surface area contributed by atoms with Crippen molar-refractivity contribution in [2.24, 2.45) is 0 Å². The van der Waals surface area contributed by atoms with Gasteiger partial charge in [-0.15, -0.1) is 0 Å². The van der Waals surface area contributed by atoms with Crippen molar-refractivity contribution < 1.29 is 10.2 Å². The summed E-state index contributed by atoms with van der Waals surface area (Å²) >= 11 is 5.82. The normalized spacial score (nSPS) is 14.5. The van der Waals surface area contributed by atoms with Gasteiger partial charge in [0.2, 0.25) is 0 Å². The van der Waals surface area contributed by atoms with E-state index < -0.39 is 12.2 Å². The highest BCUT2D eigenvalue weighted by Gasteiger charge is 2.18. The molecule has 0 saturated carbocycles. The van der Waals surface area contributed by atoms with Crippen LogP contribution in [0.2, 0.25) is 5.15 Å². The molecule has 1 heterocycles. The molecule has 0 aliphatic carbocycles. The van der Waals surface area contributed by atoms with E-state index >= 15 is 0 Å². The summed E-state index contributed by atoms with van der Waals surface area (Å²) in [5.41, 5.74) is 1.45. The minimum atomic E-state index is -0.895. The van der Waals surface area contributed by atoms with Crippen LogP contribution < -0.4 is 5.32 Å². The first-order valence-electron chi connectivity index (χ1n) is 6.19. The molecular formula is C14H17ClN2O2. The van der Waals surface area contributed by atoms with Crippen molar-refractivity contribution in [3.63, 3.8) is 0 Å². The van der Waals surface area contributed by atoms with E-state index in [0.29, 0.717) is 23.7 Å². The summed E-state index contributed by atoms with van der Waals surface area (Å²) < 4.78 is 0. The minimum Gasteiger partial charge on any atom is -0.390 e. The Bertz CT molecular complexity index is 562. The second-order valence-corrected chi connectivity index (χ2v) is 4.88. The average Bonchev–Trinajstić information content (AvgIpc) is 2.43. The fourth-order valence-electron chi connectivity index (χ4n) is 1.98. The number of benzene rings is 1. The summed E-state index contributed by atoms with van der Waals surface area (Å²) in [7, 11) is 1.81. The smallest absolute Gasteiger partial charge is 0.129 e. The van der Waals surface area contributed by atoms with Gasteiger partial charge < -0.3 is 15.5 Å². The topological polar surface area (TPSA) is 65.4 Å². The van der Waals surface area contributed by atoms with Gasteiger partial charge in [0.1, 0.15) is 11.3 Å². The van der Waals surface area contributed by atoms with Crippen LogP contribution in [-0.2, 0) is 0 Å². The number of pyridine rings is 1. The van der Waals surface area contributed by atoms with Crippen molar-refractivity contribution in [3.05, 3.63) is 41.0 Å². The number of hydrogen-bond donors (Lipinski definition) is 3. The van der Waals surface area contributed by atoms with Crippen molar-refractivity contribution in [3.8, 4) is 0 Å². The lowest BCUT2D eigenvalue weighted by Crippen LogP contribution is -2.23. The Morgan fingerprint density at radius 1 is 1.26 bits per heavy atom. The number of nitrogens with zero attached hydrogens (tertiary/aromatic N) is 1. The molecule has 3 N–H and O–H groups in total. The van der Waals surface area contributed by atoms with Crippen molar-refractivity contribution in [1.29, 1.82) is 0 Å². The molecule has 0 radical (unpaired) electrons. The molecule has 4 nitrogen and oxygen atoms in total. The van der Waals surface area contributed by atoms with E-state index in [-0.39, 0.29) is 0 Å². The van der Waals surface area contributed by atoms with Crippen LogP contribution in [0.25, 0.3) is 10.9 Å². The molecule has 2 aromatic rings. The SMILES string of the molecule is CNCCC(O)C(O)c1ccc2nc(Cl)ccc2c1. The molecular weight excluding hydrogens is 264 g/mol. The average molecular weight is 281 g/mol. The predicted molar refractivity (Wildman–Crippen MR) is 76.3 cm³/mol. The first-order chi connectivity index (χ1) is 9.11. The predicted octanol–water partition coefficient (Wildman–Crippen LogP) is 1.89. The van der Waals surface area contributed by atoms with Gasteiger partial charge in [-0.1, -0.05) is 17.7 Å². The number of aliphatic hydroxyl groups is 2. The maximum Gasteiger partial charge on any atom is 0.129 e. The van der Waals surface area contributed by atoms with Gasteiger partial charge in [0.05, 0.1) is 11.6 Å².